The molecule has 1 aromatic heterocycles. The predicted octanol–water partition coefficient (Wildman–Crippen LogP) is 1.79. The van der Waals surface area contributed by atoms with Gasteiger partial charge in [0, 0.05) is 30.4 Å². The van der Waals surface area contributed by atoms with Gasteiger partial charge in [0.05, 0.1) is 12.2 Å². The summed E-state index contributed by atoms with van der Waals surface area (Å²) in [5, 5.41) is 16.3. The molecule has 0 aliphatic heterocycles. The largest absolute Gasteiger partial charge is 0.492 e. The third kappa shape index (κ3) is 3.21. The second kappa shape index (κ2) is 6.29. The standard InChI is InChI=1S/C13H15ClN4O2/c1-18-10(4-6-16-18)5-7-20-12-8-9(14)2-3-11(12)13(15)17-19/h2-4,6,8,19H,5,7H2,1H3,(H2,15,17). The van der Waals surface area contributed by atoms with E-state index in [0.717, 1.165) is 5.69 Å². The van der Waals surface area contributed by atoms with Gasteiger partial charge in [-0.2, -0.15) is 5.10 Å². The first-order chi connectivity index (χ1) is 9.61. The molecule has 0 bridgehead atoms. The maximum Gasteiger partial charge on any atom is 0.173 e. The Hall–Kier alpha value is -2.21. The normalized spacial score (nSPS) is 11.6. The lowest BCUT2D eigenvalue weighted by molar-refractivity contribution is 0.312. The van der Waals surface area contributed by atoms with Gasteiger partial charge in [-0.15, -0.1) is 0 Å². The van der Waals surface area contributed by atoms with E-state index in [9.17, 15) is 0 Å². The van der Waals surface area contributed by atoms with E-state index in [1.165, 1.54) is 0 Å². The van der Waals surface area contributed by atoms with Gasteiger partial charge in [-0.05, 0) is 24.3 Å². The average molecular weight is 295 g/mol. The summed E-state index contributed by atoms with van der Waals surface area (Å²) in [4.78, 5) is 0. The van der Waals surface area contributed by atoms with E-state index in [4.69, 9.17) is 27.3 Å². The highest BCUT2D eigenvalue weighted by atomic mass is 35.5. The maximum absolute atomic E-state index is 8.76. The number of nitrogens with zero attached hydrogens (tertiary/aromatic N) is 3. The van der Waals surface area contributed by atoms with Crippen molar-refractivity contribution >= 4 is 17.4 Å². The summed E-state index contributed by atoms with van der Waals surface area (Å²) in [6, 6.07) is 6.86. The van der Waals surface area contributed by atoms with Gasteiger partial charge in [-0.25, -0.2) is 0 Å². The molecule has 0 unspecified atom stereocenters. The zero-order valence-electron chi connectivity index (χ0n) is 11.0. The zero-order valence-corrected chi connectivity index (χ0v) is 11.7. The Morgan fingerprint density at radius 3 is 2.95 bits per heavy atom. The lowest BCUT2D eigenvalue weighted by Gasteiger charge is -2.11. The number of nitrogens with two attached hydrogens (primary N) is 1. The summed E-state index contributed by atoms with van der Waals surface area (Å²) in [5.41, 5.74) is 7.15. The number of oxime groups is 1. The van der Waals surface area contributed by atoms with Crippen molar-refractivity contribution in [3.63, 3.8) is 0 Å². The third-order valence-electron chi connectivity index (χ3n) is 2.87. The molecule has 0 aliphatic carbocycles. The Morgan fingerprint density at radius 1 is 1.50 bits per heavy atom. The highest BCUT2D eigenvalue weighted by molar-refractivity contribution is 6.30. The molecule has 0 fully saturated rings. The molecule has 1 aromatic carbocycles. The van der Waals surface area contributed by atoms with Gasteiger partial charge in [-0.3, -0.25) is 4.68 Å². The fourth-order valence-electron chi connectivity index (χ4n) is 1.79. The molecule has 6 nitrogen and oxygen atoms in total. The van der Waals surface area contributed by atoms with Gasteiger partial charge in [0.1, 0.15) is 5.75 Å². The number of aryl methyl sites for hydroxylation is 1. The number of aromatic nitrogens is 2. The van der Waals surface area contributed by atoms with Crippen LogP contribution in [0.3, 0.4) is 0 Å². The van der Waals surface area contributed by atoms with Crippen molar-refractivity contribution < 1.29 is 9.94 Å². The van der Waals surface area contributed by atoms with Crippen LogP contribution in [0.4, 0.5) is 0 Å². The van der Waals surface area contributed by atoms with Gasteiger partial charge in [0.2, 0.25) is 0 Å². The second-order valence-corrected chi connectivity index (χ2v) is 4.61. The average Bonchev–Trinajstić information content (AvgIpc) is 2.84. The molecular weight excluding hydrogens is 280 g/mol. The van der Waals surface area contributed by atoms with Gasteiger partial charge in [0.25, 0.3) is 0 Å². The minimum atomic E-state index is -0.0165. The Balaban J connectivity index is 2.09. The number of rotatable bonds is 5. The lowest BCUT2D eigenvalue weighted by atomic mass is 10.2. The van der Waals surface area contributed by atoms with Crippen LogP contribution in [0.5, 0.6) is 5.75 Å². The number of hydrogen-bond acceptors (Lipinski definition) is 4. The highest BCUT2D eigenvalue weighted by Gasteiger charge is 2.09. The molecule has 1 heterocycles. The van der Waals surface area contributed by atoms with E-state index >= 15 is 0 Å². The van der Waals surface area contributed by atoms with Crippen molar-refractivity contribution in [3.05, 3.63) is 46.7 Å². The smallest absolute Gasteiger partial charge is 0.173 e. The molecule has 106 valence electrons. The first-order valence-electron chi connectivity index (χ1n) is 5.99. The van der Waals surface area contributed by atoms with Crippen LogP contribution in [0.2, 0.25) is 5.02 Å². The highest BCUT2D eigenvalue weighted by Crippen LogP contribution is 2.23. The molecule has 0 spiro atoms. The van der Waals surface area contributed by atoms with E-state index in [0.29, 0.717) is 29.4 Å². The summed E-state index contributed by atoms with van der Waals surface area (Å²) < 4.78 is 7.46. The molecule has 20 heavy (non-hydrogen) atoms. The molecule has 0 radical (unpaired) electrons. The van der Waals surface area contributed by atoms with Crippen LogP contribution >= 0.6 is 11.6 Å². The first-order valence-corrected chi connectivity index (χ1v) is 6.36. The van der Waals surface area contributed by atoms with E-state index in [1.54, 1.807) is 29.1 Å². The van der Waals surface area contributed by atoms with Crippen molar-refractivity contribution in [3.8, 4) is 5.75 Å². The summed E-state index contributed by atoms with van der Waals surface area (Å²) >= 11 is 5.93. The monoisotopic (exact) mass is 294 g/mol. The molecule has 0 atom stereocenters. The van der Waals surface area contributed by atoms with Crippen molar-refractivity contribution in [1.82, 2.24) is 9.78 Å². The van der Waals surface area contributed by atoms with Gasteiger partial charge < -0.3 is 15.7 Å². The van der Waals surface area contributed by atoms with Crippen LogP contribution in [-0.4, -0.2) is 27.4 Å². The van der Waals surface area contributed by atoms with Crippen LogP contribution in [0.1, 0.15) is 11.3 Å². The summed E-state index contributed by atoms with van der Waals surface area (Å²) in [7, 11) is 1.87. The van der Waals surface area contributed by atoms with E-state index in [2.05, 4.69) is 10.3 Å². The minimum Gasteiger partial charge on any atom is -0.492 e. The SMILES string of the molecule is Cn1nccc1CCOc1cc(Cl)ccc1/C(N)=N/O. The zero-order chi connectivity index (χ0) is 14.5. The minimum absolute atomic E-state index is 0.0165. The van der Waals surface area contributed by atoms with Crippen molar-refractivity contribution in [2.24, 2.45) is 17.9 Å². The lowest BCUT2D eigenvalue weighted by Crippen LogP contribution is -2.15. The van der Waals surface area contributed by atoms with Gasteiger partial charge in [-0.1, -0.05) is 16.8 Å². The summed E-state index contributed by atoms with van der Waals surface area (Å²) in [6.45, 7) is 0.436. The molecule has 2 aromatic rings. The van der Waals surface area contributed by atoms with E-state index in [1.807, 2.05) is 13.1 Å². The van der Waals surface area contributed by atoms with Crippen LogP contribution in [0.15, 0.2) is 35.6 Å². The van der Waals surface area contributed by atoms with Crippen molar-refractivity contribution in [2.45, 2.75) is 6.42 Å². The number of amidine groups is 1. The van der Waals surface area contributed by atoms with E-state index < -0.39 is 0 Å². The Bertz CT molecular complexity index is 625. The molecule has 0 saturated carbocycles. The Labute approximate surface area is 121 Å². The Morgan fingerprint density at radius 2 is 2.30 bits per heavy atom. The molecule has 0 saturated heterocycles. The number of ether oxygens (including phenoxy) is 1. The molecule has 3 N–H and O–H groups in total. The topological polar surface area (TPSA) is 85.7 Å². The number of benzene rings is 1. The third-order valence-corrected chi connectivity index (χ3v) is 3.10. The van der Waals surface area contributed by atoms with E-state index in [-0.39, 0.29) is 5.84 Å². The summed E-state index contributed by atoms with van der Waals surface area (Å²) in [5.74, 6) is 0.465. The molecular formula is C13H15ClN4O2. The fourth-order valence-corrected chi connectivity index (χ4v) is 1.96. The van der Waals surface area contributed by atoms with Crippen molar-refractivity contribution in [2.75, 3.05) is 6.61 Å². The van der Waals surface area contributed by atoms with Crippen molar-refractivity contribution in [1.29, 1.82) is 0 Å². The Kier molecular flexibility index (Phi) is 4.47. The summed E-state index contributed by atoms with van der Waals surface area (Å²) in [6.07, 6.45) is 2.43. The molecule has 7 heteroatoms. The predicted molar refractivity (Wildman–Crippen MR) is 76.4 cm³/mol. The second-order valence-electron chi connectivity index (χ2n) is 4.17. The van der Waals surface area contributed by atoms with Crippen LogP contribution in [-0.2, 0) is 13.5 Å². The number of hydrogen-bond donors (Lipinski definition) is 2. The van der Waals surface area contributed by atoms with Crippen LogP contribution in [0.25, 0.3) is 0 Å². The molecule has 2 rings (SSSR count). The first kappa shape index (κ1) is 14.2. The van der Waals surface area contributed by atoms with Gasteiger partial charge in [0.15, 0.2) is 5.84 Å². The van der Waals surface area contributed by atoms with Crippen LogP contribution in [0, 0.1) is 0 Å². The quantitative estimate of drug-likeness (QED) is 0.381. The van der Waals surface area contributed by atoms with Gasteiger partial charge >= 0.3 is 0 Å². The fraction of sp³-hybridized carbons (Fsp3) is 0.231. The number of halogens is 1. The van der Waals surface area contributed by atoms with Crippen LogP contribution < -0.4 is 10.5 Å². The maximum atomic E-state index is 8.76. The molecule has 0 aliphatic rings. The molecule has 0 amide bonds.